The lowest BCUT2D eigenvalue weighted by Gasteiger charge is -2.21. The molecular weight excluding hydrogens is 429 g/mol. The van der Waals surface area contributed by atoms with E-state index in [1.54, 1.807) is 30.3 Å². The maximum Gasteiger partial charge on any atom is 0.408 e. The minimum atomic E-state index is -2.60. The molecular formula is C20H24FN3O8. The first-order valence-corrected chi connectivity index (χ1v) is 9.48. The molecule has 1 rings (SSSR count). The number of aldehydes is 1. The number of alkyl carbamates (subject to hydrolysis) is 1. The zero-order valence-corrected chi connectivity index (χ0v) is 17.4. The summed E-state index contributed by atoms with van der Waals surface area (Å²) >= 11 is 0. The summed E-state index contributed by atoms with van der Waals surface area (Å²) in [6.07, 6.45) is -4.75. The molecule has 1 aromatic carbocycles. The van der Waals surface area contributed by atoms with E-state index < -0.39 is 60.4 Å². The summed E-state index contributed by atoms with van der Waals surface area (Å²) in [6.45, 7) is 2.54. The van der Waals surface area contributed by atoms with Crippen LogP contribution in [-0.2, 0) is 35.3 Å². The van der Waals surface area contributed by atoms with Gasteiger partial charge in [-0.3, -0.25) is 24.0 Å². The number of amides is 3. The summed E-state index contributed by atoms with van der Waals surface area (Å²) in [4.78, 5) is 69.2. The van der Waals surface area contributed by atoms with Crippen LogP contribution in [0.4, 0.5) is 9.18 Å². The van der Waals surface area contributed by atoms with Gasteiger partial charge in [-0.05, 0) is 19.4 Å². The van der Waals surface area contributed by atoms with Crippen molar-refractivity contribution in [3.8, 4) is 0 Å². The Kier molecular flexibility index (Phi) is 10.5. The number of carbonyl (C=O) groups is 6. The minimum Gasteiger partial charge on any atom is -0.481 e. The fourth-order valence-corrected chi connectivity index (χ4v) is 2.36. The number of halogens is 1. The van der Waals surface area contributed by atoms with Crippen LogP contribution in [0.15, 0.2) is 30.3 Å². The van der Waals surface area contributed by atoms with Gasteiger partial charge in [0, 0.05) is 0 Å². The van der Waals surface area contributed by atoms with Gasteiger partial charge in [0.15, 0.2) is 12.1 Å². The number of ether oxygens (including phenoxy) is 1. The molecule has 0 spiro atoms. The second kappa shape index (κ2) is 12.8. The molecule has 0 saturated heterocycles. The normalized spacial score (nSPS) is 14.1. The smallest absolute Gasteiger partial charge is 0.408 e. The Bertz CT molecular complexity index is 849. The molecule has 0 radical (unpaired) electrons. The first-order chi connectivity index (χ1) is 15.0. The number of alkyl halides is 1. The molecule has 0 aromatic heterocycles. The van der Waals surface area contributed by atoms with Crippen molar-refractivity contribution in [2.75, 3.05) is 0 Å². The molecule has 0 saturated carbocycles. The molecule has 32 heavy (non-hydrogen) atoms. The van der Waals surface area contributed by atoms with Crippen molar-refractivity contribution in [3.63, 3.8) is 0 Å². The van der Waals surface area contributed by atoms with E-state index in [-0.39, 0.29) is 12.9 Å². The first-order valence-electron chi connectivity index (χ1n) is 9.48. The third-order valence-electron chi connectivity index (χ3n) is 4.12. The topological polar surface area (TPSA) is 168 Å². The molecule has 12 heteroatoms. The summed E-state index contributed by atoms with van der Waals surface area (Å²) in [6, 6.07) is 4.63. The fourth-order valence-electron chi connectivity index (χ4n) is 2.36. The molecule has 174 valence electrons. The van der Waals surface area contributed by atoms with Crippen molar-refractivity contribution in [1.82, 2.24) is 16.0 Å². The molecule has 11 nitrogen and oxygen atoms in total. The number of hydrogen-bond donors (Lipinski definition) is 4. The van der Waals surface area contributed by atoms with Crippen LogP contribution >= 0.6 is 0 Å². The van der Waals surface area contributed by atoms with E-state index in [1.165, 1.54) is 13.8 Å². The van der Waals surface area contributed by atoms with Gasteiger partial charge in [-0.1, -0.05) is 30.3 Å². The van der Waals surface area contributed by atoms with Crippen LogP contribution in [0.5, 0.6) is 0 Å². The Morgan fingerprint density at radius 1 is 1.00 bits per heavy atom. The van der Waals surface area contributed by atoms with Crippen LogP contribution in [0.2, 0.25) is 0 Å². The van der Waals surface area contributed by atoms with Crippen molar-refractivity contribution in [1.29, 1.82) is 0 Å². The number of ketones is 1. The van der Waals surface area contributed by atoms with Crippen molar-refractivity contribution in [2.45, 2.75) is 51.2 Å². The largest absolute Gasteiger partial charge is 0.481 e. The number of nitrogens with one attached hydrogen (secondary N) is 3. The number of carbonyl (C=O) groups excluding carboxylic acids is 5. The Balaban J connectivity index is 2.57. The van der Waals surface area contributed by atoms with Crippen LogP contribution in [-0.4, -0.2) is 65.4 Å². The summed E-state index contributed by atoms with van der Waals surface area (Å²) in [5, 5.41) is 15.3. The quantitative estimate of drug-likeness (QED) is 0.251. The summed E-state index contributed by atoms with van der Waals surface area (Å²) in [7, 11) is 0. The Morgan fingerprint density at radius 3 is 2.12 bits per heavy atom. The van der Waals surface area contributed by atoms with Crippen molar-refractivity contribution in [2.24, 2.45) is 0 Å². The molecule has 0 aliphatic heterocycles. The van der Waals surface area contributed by atoms with E-state index in [1.807, 2.05) is 5.32 Å². The van der Waals surface area contributed by atoms with Gasteiger partial charge in [0.25, 0.3) is 0 Å². The predicted molar refractivity (Wildman–Crippen MR) is 107 cm³/mol. The van der Waals surface area contributed by atoms with E-state index in [9.17, 15) is 33.2 Å². The van der Waals surface area contributed by atoms with E-state index in [0.717, 1.165) is 5.56 Å². The Morgan fingerprint density at radius 2 is 1.56 bits per heavy atom. The standard InChI is InChI=1S/C20H24FN3O8/c1-11(19(30)24-15(8-16(26)27)17(28)14(21)9-25)22-18(29)12(2)23-20(31)32-10-13-6-4-3-5-7-13/h3-7,9,11-12,14-15H,8,10H2,1-2H3,(H,22,29)(H,23,31)(H,24,30)(H,26,27)/t11-,12-,14?,15-/m0/s1. The number of hydrogen-bond acceptors (Lipinski definition) is 7. The highest BCUT2D eigenvalue weighted by Gasteiger charge is 2.31. The maximum absolute atomic E-state index is 13.3. The maximum atomic E-state index is 13.3. The molecule has 3 amide bonds. The molecule has 0 bridgehead atoms. The number of rotatable bonds is 12. The number of carboxylic acid groups (broad SMARTS) is 1. The first kappa shape index (κ1) is 26.2. The van der Waals surface area contributed by atoms with Gasteiger partial charge < -0.3 is 25.8 Å². The average Bonchev–Trinajstić information content (AvgIpc) is 2.76. The lowest BCUT2D eigenvalue weighted by atomic mass is 10.1. The van der Waals surface area contributed by atoms with E-state index >= 15 is 0 Å². The second-order valence-electron chi connectivity index (χ2n) is 6.76. The molecule has 4 atom stereocenters. The number of Topliss-reactive ketones (excluding diaryl/α,β-unsaturated/α-hetero) is 1. The van der Waals surface area contributed by atoms with Gasteiger partial charge in [-0.25, -0.2) is 9.18 Å². The molecule has 4 N–H and O–H groups in total. The van der Waals surface area contributed by atoms with Crippen molar-refractivity contribution >= 4 is 35.9 Å². The lowest BCUT2D eigenvalue weighted by molar-refractivity contribution is -0.142. The molecule has 1 unspecified atom stereocenters. The van der Waals surface area contributed by atoms with E-state index in [2.05, 4.69) is 10.6 Å². The van der Waals surface area contributed by atoms with Crippen molar-refractivity contribution in [3.05, 3.63) is 35.9 Å². The van der Waals surface area contributed by atoms with E-state index in [0.29, 0.717) is 0 Å². The molecule has 0 aliphatic carbocycles. The number of carboxylic acids is 1. The molecule has 1 aromatic rings. The highest BCUT2D eigenvalue weighted by molar-refractivity contribution is 6.03. The highest BCUT2D eigenvalue weighted by atomic mass is 19.1. The van der Waals surface area contributed by atoms with Crippen LogP contribution in [0.3, 0.4) is 0 Å². The monoisotopic (exact) mass is 453 g/mol. The predicted octanol–water partition coefficient (Wildman–Crippen LogP) is -0.128. The number of benzene rings is 1. The van der Waals surface area contributed by atoms with Gasteiger partial charge >= 0.3 is 12.1 Å². The third kappa shape index (κ3) is 8.90. The van der Waals surface area contributed by atoms with Gasteiger partial charge in [0.2, 0.25) is 18.0 Å². The fraction of sp³-hybridized carbons (Fsp3) is 0.400. The van der Waals surface area contributed by atoms with Gasteiger partial charge in [0.05, 0.1) is 6.42 Å². The zero-order valence-electron chi connectivity index (χ0n) is 17.4. The lowest BCUT2D eigenvalue weighted by Crippen LogP contribution is -2.55. The Labute approximate surface area is 182 Å². The van der Waals surface area contributed by atoms with Gasteiger partial charge in [-0.2, -0.15) is 0 Å². The average molecular weight is 453 g/mol. The third-order valence-corrected chi connectivity index (χ3v) is 4.12. The molecule has 0 heterocycles. The van der Waals surface area contributed by atoms with E-state index in [4.69, 9.17) is 9.84 Å². The molecule has 0 fully saturated rings. The molecule has 0 aliphatic rings. The number of aliphatic carboxylic acids is 1. The summed E-state index contributed by atoms with van der Waals surface area (Å²) in [5.74, 6) is -4.70. The minimum absolute atomic E-state index is 0.0187. The van der Waals surface area contributed by atoms with Gasteiger partial charge in [0.1, 0.15) is 24.7 Å². The van der Waals surface area contributed by atoms with Crippen molar-refractivity contribution < 1.29 is 43.0 Å². The summed E-state index contributed by atoms with van der Waals surface area (Å²) in [5.41, 5.74) is 0.737. The second-order valence-corrected chi connectivity index (χ2v) is 6.76. The van der Waals surface area contributed by atoms with Crippen LogP contribution < -0.4 is 16.0 Å². The van der Waals surface area contributed by atoms with Crippen LogP contribution in [0, 0.1) is 0 Å². The Hall–Kier alpha value is -3.83. The van der Waals surface area contributed by atoms with Gasteiger partial charge in [-0.15, -0.1) is 0 Å². The highest BCUT2D eigenvalue weighted by Crippen LogP contribution is 2.03. The summed E-state index contributed by atoms with van der Waals surface area (Å²) < 4.78 is 18.3. The SMILES string of the molecule is C[C@H](NC(=O)OCc1ccccc1)C(=O)N[C@@H](C)C(=O)N[C@@H](CC(=O)O)C(=O)C(F)C=O. The zero-order chi connectivity index (χ0) is 24.3. The van der Waals surface area contributed by atoms with Crippen LogP contribution in [0.25, 0.3) is 0 Å². The van der Waals surface area contributed by atoms with Crippen LogP contribution in [0.1, 0.15) is 25.8 Å².